The van der Waals surface area contributed by atoms with Crippen LogP contribution >= 0.6 is 0 Å². The summed E-state index contributed by atoms with van der Waals surface area (Å²) in [6.45, 7) is 0.941. The maximum absolute atomic E-state index is 12.2. The molecular formula is C15H13N3O6. The number of carbonyl (C=O) groups excluding carboxylic acids is 1. The summed E-state index contributed by atoms with van der Waals surface area (Å²) in [6, 6.07) is 7.06. The molecule has 9 heteroatoms. The molecule has 1 aromatic carbocycles. The van der Waals surface area contributed by atoms with E-state index >= 15 is 0 Å². The molecule has 2 aromatic rings. The van der Waals surface area contributed by atoms with E-state index in [-0.39, 0.29) is 18.5 Å². The van der Waals surface area contributed by atoms with Crippen LogP contribution in [0.3, 0.4) is 0 Å². The number of aromatic nitrogens is 2. The molecule has 1 aromatic heterocycles. The topological polar surface area (TPSA) is 105 Å². The normalized spacial score (nSPS) is 18.8. The lowest BCUT2D eigenvalue weighted by atomic mass is 10.2. The fraction of sp³-hybridized carbons (Fsp3) is 0.267. The molecule has 0 saturated heterocycles. The number of para-hydroxylation sites is 2. The van der Waals surface area contributed by atoms with Crippen LogP contribution in [0.15, 0.2) is 34.9 Å². The van der Waals surface area contributed by atoms with Crippen LogP contribution in [0, 0.1) is 0 Å². The fourth-order valence-electron chi connectivity index (χ4n) is 2.19. The van der Waals surface area contributed by atoms with Crippen molar-refractivity contribution in [3.8, 4) is 11.5 Å². The molecule has 1 amide bonds. The van der Waals surface area contributed by atoms with Gasteiger partial charge in [-0.05, 0) is 12.1 Å². The van der Waals surface area contributed by atoms with Gasteiger partial charge in [0.25, 0.3) is 11.8 Å². The number of hydrogen-bond acceptors (Lipinski definition) is 8. The van der Waals surface area contributed by atoms with Crippen molar-refractivity contribution in [2.24, 2.45) is 0 Å². The van der Waals surface area contributed by atoms with Crippen LogP contribution in [0.25, 0.3) is 5.76 Å². The zero-order valence-corrected chi connectivity index (χ0v) is 12.4. The molecular weight excluding hydrogens is 318 g/mol. The summed E-state index contributed by atoms with van der Waals surface area (Å²) in [4.78, 5) is 12.2. The minimum atomic E-state index is -0.816. The van der Waals surface area contributed by atoms with Gasteiger partial charge in [-0.3, -0.25) is 10.1 Å². The van der Waals surface area contributed by atoms with E-state index in [1.54, 1.807) is 18.2 Å². The molecule has 0 bridgehead atoms. The van der Waals surface area contributed by atoms with Crippen LogP contribution in [0.4, 0.5) is 6.01 Å². The van der Waals surface area contributed by atoms with E-state index in [1.165, 1.54) is 6.26 Å². The Kier molecular flexibility index (Phi) is 3.66. The number of amides is 1. The molecule has 3 heterocycles. The maximum Gasteiger partial charge on any atom is 0.322 e. The third kappa shape index (κ3) is 2.83. The van der Waals surface area contributed by atoms with Crippen LogP contribution in [-0.4, -0.2) is 42.0 Å². The first-order valence-corrected chi connectivity index (χ1v) is 7.27. The molecule has 124 valence electrons. The lowest BCUT2D eigenvalue weighted by molar-refractivity contribution is -0.125. The van der Waals surface area contributed by atoms with Gasteiger partial charge in [0.1, 0.15) is 26.1 Å². The summed E-state index contributed by atoms with van der Waals surface area (Å²) < 4.78 is 26.9. The quantitative estimate of drug-likeness (QED) is 0.894. The van der Waals surface area contributed by atoms with E-state index in [4.69, 9.17) is 23.4 Å². The summed E-state index contributed by atoms with van der Waals surface area (Å²) in [7, 11) is 0. The van der Waals surface area contributed by atoms with Crippen molar-refractivity contribution in [1.82, 2.24) is 10.2 Å². The van der Waals surface area contributed by atoms with E-state index in [2.05, 4.69) is 15.5 Å². The van der Waals surface area contributed by atoms with Gasteiger partial charge in [-0.25, -0.2) is 0 Å². The average molecular weight is 331 g/mol. The molecule has 4 rings (SSSR count). The predicted molar refractivity (Wildman–Crippen MR) is 79.2 cm³/mol. The Labute approximate surface area is 136 Å². The Morgan fingerprint density at radius 2 is 2.00 bits per heavy atom. The van der Waals surface area contributed by atoms with Crippen molar-refractivity contribution < 1.29 is 28.2 Å². The Balaban J connectivity index is 1.42. The van der Waals surface area contributed by atoms with Crippen molar-refractivity contribution in [3.05, 3.63) is 36.4 Å². The Morgan fingerprint density at radius 1 is 1.12 bits per heavy atom. The van der Waals surface area contributed by atoms with E-state index in [0.29, 0.717) is 30.5 Å². The van der Waals surface area contributed by atoms with Crippen LogP contribution < -0.4 is 14.8 Å². The molecule has 1 N–H and O–H groups in total. The summed E-state index contributed by atoms with van der Waals surface area (Å²) in [6.07, 6.45) is 0.571. The third-order valence-corrected chi connectivity index (χ3v) is 3.32. The van der Waals surface area contributed by atoms with Gasteiger partial charge in [-0.2, -0.15) is 0 Å². The standard InChI is InChI=1S/C15H13N3O6/c19-13(11-8-22-9-3-1-2-4-10(9)23-11)16-15-18-17-14(24-15)12-7-20-5-6-21-12/h1-4,7,11H,5-6,8H2,(H,16,18,19)/t11-/m0/s1. The summed E-state index contributed by atoms with van der Waals surface area (Å²) >= 11 is 0. The second-order valence-electron chi connectivity index (χ2n) is 4.97. The molecule has 2 aliphatic rings. The number of nitrogens with zero attached hydrogens (tertiary/aromatic N) is 2. The Hall–Kier alpha value is -3.23. The molecule has 0 radical (unpaired) electrons. The number of ether oxygens (including phenoxy) is 4. The average Bonchev–Trinajstić information content (AvgIpc) is 3.10. The fourth-order valence-corrected chi connectivity index (χ4v) is 2.19. The summed E-state index contributed by atoms with van der Waals surface area (Å²) in [5, 5.41) is 10.0. The SMILES string of the molecule is O=C(Nc1nnc(C2=COCCO2)o1)[C@@H]1COc2ccccc2O1. The number of fused-ring (bicyclic) bond motifs is 1. The van der Waals surface area contributed by atoms with Crippen molar-refractivity contribution >= 4 is 17.7 Å². The maximum atomic E-state index is 12.2. The highest BCUT2D eigenvalue weighted by Crippen LogP contribution is 2.31. The van der Waals surface area contributed by atoms with Gasteiger partial charge < -0.3 is 23.4 Å². The first-order chi connectivity index (χ1) is 11.8. The zero-order valence-electron chi connectivity index (χ0n) is 12.4. The predicted octanol–water partition coefficient (Wildman–Crippen LogP) is 1.19. The van der Waals surface area contributed by atoms with Gasteiger partial charge >= 0.3 is 6.01 Å². The second kappa shape index (κ2) is 6.11. The molecule has 9 nitrogen and oxygen atoms in total. The molecule has 0 fully saturated rings. The number of rotatable bonds is 3. The summed E-state index contributed by atoms with van der Waals surface area (Å²) in [5.41, 5.74) is 0. The van der Waals surface area contributed by atoms with E-state index in [0.717, 1.165) is 0 Å². The Morgan fingerprint density at radius 3 is 2.83 bits per heavy atom. The minimum Gasteiger partial charge on any atom is -0.494 e. The number of benzene rings is 1. The number of carbonyl (C=O) groups is 1. The molecule has 0 saturated carbocycles. The van der Waals surface area contributed by atoms with Crippen LogP contribution in [0.5, 0.6) is 11.5 Å². The van der Waals surface area contributed by atoms with Crippen LogP contribution in [-0.2, 0) is 14.3 Å². The molecule has 0 aliphatic carbocycles. The highest BCUT2D eigenvalue weighted by molar-refractivity contribution is 5.93. The lowest BCUT2D eigenvalue weighted by Crippen LogP contribution is -2.40. The van der Waals surface area contributed by atoms with Gasteiger partial charge in [-0.1, -0.05) is 17.2 Å². The van der Waals surface area contributed by atoms with Crippen molar-refractivity contribution in [2.75, 3.05) is 25.1 Å². The van der Waals surface area contributed by atoms with Crippen molar-refractivity contribution in [2.45, 2.75) is 6.10 Å². The molecule has 2 aliphatic heterocycles. The number of nitrogens with one attached hydrogen (secondary N) is 1. The lowest BCUT2D eigenvalue weighted by Gasteiger charge is -2.24. The van der Waals surface area contributed by atoms with E-state index in [1.807, 2.05) is 6.07 Å². The highest BCUT2D eigenvalue weighted by atomic mass is 16.6. The molecule has 24 heavy (non-hydrogen) atoms. The molecule has 0 unspecified atom stereocenters. The van der Waals surface area contributed by atoms with Gasteiger partial charge in [0, 0.05) is 0 Å². The number of anilines is 1. The van der Waals surface area contributed by atoms with E-state index < -0.39 is 12.0 Å². The van der Waals surface area contributed by atoms with Gasteiger partial charge in [0.15, 0.2) is 11.5 Å². The number of hydrogen-bond donors (Lipinski definition) is 1. The van der Waals surface area contributed by atoms with E-state index in [9.17, 15) is 4.79 Å². The van der Waals surface area contributed by atoms with Crippen molar-refractivity contribution in [1.29, 1.82) is 0 Å². The van der Waals surface area contributed by atoms with Gasteiger partial charge in [0.05, 0.1) is 0 Å². The monoisotopic (exact) mass is 331 g/mol. The summed E-state index contributed by atoms with van der Waals surface area (Å²) in [5.74, 6) is 1.10. The van der Waals surface area contributed by atoms with Gasteiger partial charge in [0.2, 0.25) is 11.9 Å². The minimum absolute atomic E-state index is 0.0625. The molecule has 0 spiro atoms. The largest absolute Gasteiger partial charge is 0.494 e. The smallest absolute Gasteiger partial charge is 0.322 e. The van der Waals surface area contributed by atoms with Gasteiger partial charge in [-0.15, -0.1) is 5.10 Å². The Bertz CT molecular complexity index is 787. The first kappa shape index (κ1) is 14.4. The zero-order chi connectivity index (χ0) is 16.4. The molecule has 1 atom stereocenters. The third-order valence-electron chi connectivity index (χ3n) is 3.32. The van der Waals surface area contributed by atoms with Crippen LogP contribution in [0.1, 0.15) is 5.89 Å². The highest BCUT2D eigenvalue weighted by Gasteiger charge is 2.28. The first-order valence-electron chi connectivity index (χ1n) is 7.27. The van der Waals surface area contributed by atoms with Crippen molar-refractivity contribution in [3.63, 3.8) is 0 Å². The van der Waals surface area contributed by atoms with Crippen LogP contribution in [0.2, 0.25) is 0 Å². The second-order valence-corrected chi connectivity index (χ2v) is 4.97.